The van der Waals surface area contributed by atoms with E-state index in [9.17, 15) is 23.5 Å². The van der Waals surface area contributed by atoms with Crippen molar-refractivity contribution in [3.63, 3.8) is 0 Å². The molecule has 4 heterocycles. The van der Waals surface area contributed by atoms with Gasteiger partial charge < -0.3 is 20.1 Å². The van der Waals surface area contributed by atoms with Crippen molar-refractivity contribution in [2.45, 2.75) is 39.2 Å². The number of hydrogen-bond donors (Lipinski definition) is 2. The average molecular weight is 617 g/mol. The van der Waals surface area contributed by atoms with Crippen LogP contribution in [0.2, 0.25) is 5.02 Å². The Hall–Kier alpha value is -3.97. The number of aromatic nitrogens is 3. The fraction of sp³-hybridized carbons (Fsp3) is 0.357. The van der Waals surface area contributed by atoms with E-state index in [1.165, 1.54) is 23.6 Å². The Labute approximate surface area is 249 Å². The Balaban J connectivity index is 1.53. The van der Waals surface area contributed by atoms with Crippen LogP contribution in [-0.2, 0) is 16.0 Å². The van der Waals surface area contributed by atoms with E-state index >= 15 is 0 Å². The molecule has 3 aromatic rings. The van der Waals surface area contributed by atoms with Crippen LogP contribution in [0, 0.1) is 17.6 Å². The largest absolute Gasteiger partial charge is 0.476 e. The number of esters is 1. The number of allylic oxidation sites excluding steroid dienone is 1. The SMILES string of the molecule is CCOC(=O)C1=C(C2CCN(c3ncc(CC)c(C(=O)O)n3)CC2)NC(c2nccs2)=NC1c1ccc(F)c(F)c1Cl. The molecular formula is C28H27ClF2N6O4S. The lowest BCUT2D eigenvalue weighted by Gasteiger charge is -2.36. The monoisotopic (exact) mass is 616 g/mol. The second kappa shape index (κ2) is 12.5. The summed E-state index contributed by atoms with van der Waals surface area (Å²) in [6.45, 7) is 4.54. The molecule has 2 N–H and O–H groups in total. The highest BCUT2D eigenvalue weighted by atomic mass is 35.5. The summed E-state index contributed by atoms with van der Waals surface area (Å²) in [5.74, 6) is -3.63. The number of carbonyl (C=O) groups is 2. The van der Waals surface area contributed by atoms with Gasteiger partial charge in [0.1, 0.15) is 6.04 Å². The van der Waals surface area contributed by atoms with Gasteiger partial charge in [-0.1, -0.05) is 24.6 Å². The smallest absolute Gasteiger partial charge is 0.354 e. The number of carboxylic acid groups (broad SMARTS) is 1. The summed E-state index contributed by atoms with van der Waals surface area (Å²) in [6, 6.07) is 1.19. The number of ether oxygens (including phenoxy) is 1. The van der Waals surface area contributed by atoms with Crippen LogP contribution in [0.1, 0.15) is 59.4 Å². The van der Waals surface area contributed by atoms with E-state index < -0.39 is 34.6 Å². The van der Waals surface area contributed by atoms with Gasteiger partial charge in [0, 0.05) is 53.6 Å². The minimum absolute atomic E-state index is 0.0265. The maximum atomic E-state index is 14.6. The third-order valence-corrected chi connectivity index (χ3v) is 8.35. The maximum Gasteiger partial charge on any atom is 0.354 e. The van der Waals surface area contributed by atoms with Crippen LogP contribution in [-0.4, -0.2) is 57.5 Å². The number of rotatable bonds is 8. The molecule has 1 aromatic carbocycles. The molecule has 14 heteroatoms. The van der Waals surface area contributed by atoms with Gasteiger partial charge in [0.2, 0.25) is 5.95 Å². The third-order valence-electron chi connectivity index (χ3n) is 7.19. The number of halogens is 3. The number of benzene rings is 1. The number of aromatic carboxylic acids is 1. The first-order chi connectivity index (χ1) is 20.2. The predicted octanol–water partition coefficient (Wildman–Crippen LogP) is 4.95. The first kappa shape index (κ1) is 29.5. The summed E-state index contributed by atoms with van der Waals surface area (Å²) in [5.41, 5.74) is 1.33. The second-order valence-corrected chi connectivity index (χ2v) is 10.9. The fourth-order valence-electron chi connectivity index (χ4n) is 5.11. The third kappa shape index (κ3) is 5.71. The van der Waals surface area contributed by atoms with Crippen LogP contribution in [0.4, 0.5) is 14.7 Å². The number of thiazole rings is 1. The number of amidine groups is 1. The minimum atomic E-state index is -1.23. The summed E-state index contributed by atoms with van der Waals surface area (Å²) in [6.07, 6.45) is 4.72. The molecule has 5 rings (SSSR count). The van der Waals surface area contributed by atoms with Crippen molar-refractivity contribution in [3.05, 3.63) is 79.7 Å². The molecule has 2 aliphatic rings. The van der Waals surface area contributed by atoms with Gasteiger partial charge in [-0.3, -0.25) is 4.99 Å². The van der Waals surface area contributed by atoms with E-state index in [1.807, 2.05) is 11.8 Å². The quantitative estimate of drug-likeness (QED) is 0.267. The zero-order valence-corrected chi connectivity index (χ0v) is 24.3. The lowest BCUT2D eigenvalue weighted by Crippen LogP contribution is -2.42. The van der Waals surface area contributed by atoms with Gasteiger partial charge in [-0.2, -0.15) is 0 Å². The molecule has 220 valence electrons. The number of hydrogen-bond acceptors (Lipinski definition) is 10. The van der Waals surface area contributed by atoms with Crippen molar-refractivity contribution < 1.29 is 28.2 Å². The summed E-state index contributed by atoms with van der Waals surface area (Å²) >= 11 is 7.60. The van der Waals surface area contributed by atoms with Gasteiger partial charge >= 0.3 is 11.9 Å². The van der Waals surface area contributed by atoms with Crippen LogP contribution < -0.4 is 10.2 Å². The van der Waals surface area contributed by atoms with Crippen LogP contribution in [0.5, 0.6) is 0 Å². The predicted molar refractivity (Wildman–Crippen MR) is 153 cm³/mol. The zero-order chi connectivity index (χ0) is 30.0. The fourth-order valence-corrected chi connectivity index (χ4v) is 5.95. The molecule has 42 heavy (non-hydrogen) atoms. The van der Waals surface area contributed by atoms with Crippen LogP contribution in [0.15, 0.2) is 46.2 Å². The molecule has 0 amide bonds. The van der Waals surface area contributed by atoms with E-state index in [4.69, 9.17) is 21.3 Å². The average Bonchev–Trinajstić information content (AvgIpc) is 3.54. The maximum absolute atomic E-state index is 14.6. The number of aliphatic imine (C=N–C) groups is 1. The Morgan fingerprint density at radius 2 is 1.98 bits per heavy atom. The van der Waals surface area contributed by atoms with Crippen molar-refractivity contribution in [2.24, 2.45) is 10.9 Å². The molecule has 10 nitrogen and oxygen atoms in total. The molecule has 0 spiro atoms. The molecule has 0 saturated carbocycles. The molecule has 1 fully saturated rings. The van der Waals surface area contributed by atoms with E-state index in [-0.39, 0.29) is 29.4 Å². The number of aryl methyl sites for hydroxylation is 1. The first-order valence-corrected chi connectivity index (χ1v) is 14.6. The Kier molecular flexibility index (Phi) is 8.78. The second-order valence-electron chi connectivity index (χ2n) is 9.62. The summed E-state index contributed by atoms with van der Waals surface area (Å²) in [7, 11) is 0. The molecule has 2 aromatic heterocycles. The topological polar surface area (TPSA) is 130 Å². The lowest BCUT2D eigenvalue weighted by atomic mass is 9.85. The minimum Gasteiger partial charge on any atom is -0.476 e. The first-order valence-electron chi connectivity index (χ1n) is 13.4. The molecule has 1 saturated heterocycles. The van der Waals surface area contributed by atoms with Crippen molar-refractivity contribution >= 4 is 46.7 Å². The van der Waals surface area contributed by atoms with Gasteiger partial charge in [-0.05, 0) is 32.3 Å². The molecule has 2 aliphatic heterocycles. The summed E-state index contributed by atoms with van der Waals surface area (Å²) in [5, 5.41) is 14.7. The van der Waals surface area contributed by atoms with Crippen molar-refractivity contribution in [3.8, 4) is 0 Å². The molecular weight excluding hydrogens is 590 g/mol. The normalized spacial score (nSPS) is 17.6. The van der Waals surface area contributed by atoms with Crippen molar-refractivity contribution in [1.82, 2.24) is 20.3 Å². The van der Waals surface area contributed by atoms with Gasteiger partial charge in [0.15, 0.2) is 28.2 Å². The summed E-state index contributed by atoms with van der Waals surface area (Å²) in [4.78, 5) is 44.8. The van der Waals surface area contributed by atoms with Crippen molar-refractivity contribution in [2.75, 3.05) is 24.6 Å². The highest BCUT2D eigenvalue weighted by molar-refractivity contribution is 7.11. The van der Waals surface area contributed by atoms with Crippen LogP contribution in [0.25, 0.3) is 0 Å². The Morgan fingerprint density at radius 1 is 1.21 bits per heavy atom. The highest BCUT2D eigenvalue weighted by Gasteiger charge is 2.38. The van der Waals surface area contributed by atoms with Gasteiger partial charge in [-0.25, -0.2) is 33.3 Å². The Morgan fingerprint density at radius 3 is 2.62 bits per heavy atom. The van der Waals surface area contributed by atoms with Crippen molar-refractivity contribution in [1.29, 1.82) is 0 Å². The lowest BCUT2D eigenvalue weighted by molar-refractivity contribution is -0.139. The number of anilines is 1. The molecule has 1 atom stereocenters. The molecule has 0 bridgehead atoms. The number of nitrogens with zero attached hydrogens (tertiary/aromatic N) is 5. The number of carboxylic acids is 1. The van der Waals surface area contributed by atoms with E-state index in [1.54, 1.807) is 18.5 Å². The van der Waals surface area contributed by atoms with Crippen LogP contribution >= 0.6 is 22.9 Å². The number of piperidine rings is 1. The molecule has 0 radical (unpaired) electrons. The Bertz CT molecular complexity index is 1570. The van der Waals surface area contributed by atoms with Gasteiger partial charge in [0.25, 0.3) is 0 Å². The highest BCUT2D eigenvalue weighted by Crippen LogP contribution is 2.41. The van der Waals surface area contributed by atoms with Gasteiger partial charge in [0.05, 0.1) is 17.2 Å². The standard InChI is InChI=1S/C28H27ClF2N6O4S/c1-3-14-13-33-28(36-22(14)26(38)39)37-10-7-15(8-11-37)21-18(27(40)41-4-2)23(16-5-6-17(30)20(31)19(16)29)35-24(34-21)25-32-9-12-42-25/h5-6,9,12-13,15,23H,3-4,7-8,10-11H2,1-2H3,(H,34,35)(H,38,39). The van der Waals surface area contributed by atoms with Gasteiger partial charge in [-0.15, -0.1) is 11.3 Å². The number of carbonyl (C=O) groups excluding carboxylic acids is 1. The van der Waals surface area contributed by atoms with E-state index in [0.29, 0.717) is 60.4 Å². The summed E-state index contributed by atoms with van der Waals surface area (Å²) < 4.78 is 34.0. The number of nitrogens with one attached hydrogen (secondary N) is 1. The van der Waals surface area contributed by atoms with Crippen LogP contribution in [0.3, 0.4) is 0 Å². The van der Waals surface area contributed by atoms with E-state index in [0.717, 1.165) is 6.07 Å². The van der Waals surface area contributed by atoms with E-state index in [2.05, 4.69) is 20.3 Å². The zero-order valence-electron chi connectivity index (χ0n) is 22.7. The molecule has 0 aliphatic carbocycles. The molecule has 1 unspecified atom stereocenters.